The van der Waals surface area contributed by atoms with Crippen molar-refractivity contribution in [3.8, 4) is 0 Å². The van der Waals surface area contributed by atoms with Crippen molar-refractivity contribution in [3.05, 3.63) is 0 Å². The lowest BCUT2D eigenvalue weighted by Gasteiger charge is -2.10. The van der Waals surface area contributed by atoms with Gasteiger partial charge in [-0.15, -0.1) is 11.8 Å². The monoisotopic (exact) mass is 204 g/mol. The fraction of sp³-hybridized carbons (Fsp3) is 0.889. The first-order valence-electron chi connectivity index (χ1n) is 4.70. The van der Waals surface area contributed by atoms with Gasteiger partial charge in [0.1, 0.15) is 0 Å². The molecule has 0 N–H and O–H groups in total. The van der Waals surface area contributed by atoms with Crippen LogP contribution in [0.15, 0.2) is 0 Å². The van der Waals surface area contributed by atoms with Gasteiger partial charge in [0, 0.05) is 12.4 Å². The van der Waals surface area contributed by atoms with Crippen LogP contribution in [-0.2, 0) is 14.3 Å². The zero-order chi connectivity index (χ0) is 9.52. The normalized spacial score (nSPS) is 27.8. The third kappa shape index (κ3) is 4.11. The van der Waals surface area contributed by atoms with Crippen molar-refractivity contribution in [1.82, 2.24) is 0 Å². The predicted molar refractivity (Wildman–Crippen MR) is 52.7 cm³/mol. The van der Waals surface area contributed by atoms with Crippen molar-refractivity contribution in [1.29, 1.82) is 0 Å². The number of thioether (sulfide) groups is 1. The Kier molecular flexibility index (Phi) is 5.43. The Hall–Kier alpha value is -0.0600. The third-order valence-corrected chi connectivity index (χ3v) is 2.86. The molecule has 1 fully saturated rings. The van der Waals surface area contributed by atoms with Crippen LogP contribution >= 0.6 is 11.8 Å². The van der Waals surface area contributed by atoms with Crippen LogP contribution in [0.3, 0.4) is 0 Å². The number of hydrogen-bond acceptors (Lipinski definition) is 4. The molecule has 4 heteroatoms. The van der Waals surface area contributed by atoms with Crippen LogP contribution in [0.25, 0.3) is 0 Å². The van der Waals surface area contributed by atoms with E-state index in [1.807, 2.05) is 0 Å². The number of unbranched alkanes of at least 4 members (excludes halogenated alkanes) is 2. The molecule has 0 aromatic heterocycles. The summed E-state index contributed by atoms with van der Waals surface area (Å²) in [7, 11) is 0. The van der Waals surface area contributed by atoms with Crippen LogP contribution in [0.1, 0.15) is 26.2 Å². The van der Waals surface area contributed by atoms with Crippen LogP contribution in [0, 0.1) is 0 Å². The Labute approximate surface area is 83.2 Å². The zero-order valence-corrected chi connectivity index (χ0v) is 8.72. The first-order chi connectivity index (χ1) is 6.36. The average Bonchev–Trinajstić information content (AvgIpc) is 2.60. The van der Waals surface area contributed by atoms with Crippen LogP contribution in [-0.4, -0.2) is 30.4 Å². The van der Waals surface area contributed by atoms with Crippen molar-refractivity contribution in [3.63, 3.8) is 0 Å². The lowest BCUT2D eigenvalue weighted by Crippen LogP contribution is -2.17. The summed E-state index contributed by atoms with van der Waals surface area (Å²) in [5.41, 5.74) is -0.309. The summed E-state index contributed by atoms with van der Waals surface area (Å²) in [4.78, 5) is 10.3. The van der Waals surface area contributed by atoms with Gasteiger partial charge in [-0.2, -0.15) is 0 Å². The molecule has 0 aromatic carbocycles. The quantitative estimate of drug-likeness (QED) is 0.488. The molecule has 0 spiro atoms. The molecule has 3 nitrogen and oxygen atoms in total. The second-order valence-corrected chi connectivity index (χ2v) is 4.11. The Morgan fingerprint density at radius 3 is 3.08 bits per heavy atom. The smallest absolute Gasteiger partial charge is 0.168 e. The van der Waals surface area contributed by atoms with E-state index in [0.29, 0.717) is 0 Å². The van der Waals surface area contributed by atoms with E-state index in [-0.39, 0.29) is 11.7 Å². The molecule has 1 aliphatic heterocycles. The van der Waals surface area contributed by atoms with E-state index in [0.717, 1.165) is 25.1 Å². The molecule has 0 amide bonds. The second kappa shape index (κ2) is 6.40. The minimum Gasteiger partial charge on any atom is -0.352 e. The first kappa shape index (κ1) is 11.0. The number of carbonyl (C=O) groups is 1. The summed E-state index contributed by atoms with van der Waals surface area (Å²) in [6, 6.07) is 0. The molecular formula is C9H16O3S. The van der Waals surface area contributed by atoms with Gasteiger partial charge in [0.25, 0.3) is 0 Å². The molecule has 76 valence electrons. The molecule has 0 aromatic rings. The molecule has 0 aliphatic carbocycles. The molecule has 0 bridgehead atoms. The summed E-state index contributed by atoms with van der Waals surface area (Å²) >= 11 is 1.50. The summed E-state index contributed by atoms with van der Waals surface area (Å²) in [6.07, 6.45) is 4.11. The van der Waals surface area contributed by atoms with Gasteiger partial charge in [-0.25, -0.2) is 0 Å². The van der Waals surface area contributed by atoms with Gasteiger partial charge in [0.15, 0.2) is 18.0 Å². The fourth-order valence-corrected chi connectivity index (χ4v) is 1.93. The van der Waals surface area contributed by atoms with Gasteiger partial charge >= 0.3 is 0 Å². The van der Waals surface area contributed by atoms with Crippen molar-refractivity contribution < 1.29 is 14.3 Å². The van der Waals surface area contributed by atoms with E-state index >= 15 is 0 Å². The molecule has 0 radical (unpaired) electrons. The maximum atomic E-state index is 10.3. The lowest BCUT2D eigenvalue weighted by molar-refractivity contribution is -0.139. The van der Waals surface area contributed by atoms with Gasteiger partial charge < -0.3 is 9.47 Å². The molecule has 2 atom stereocenters. The molecular weight excluding hydrogens is 188 g/mol. The fourth-order valence-electron chi connectivity index (χ4n) is 1.13. The van der Waals surface area contributed by atoms with Gasteiger partial charge in [0.2, 0.25) is 0 Å². The molecule has 0 saturated carbocycles. The van der Waals surface area contributed by atoms with Gasteiger partial charge in [-0.3, -0.25) is 4.79 Å². The number of carbonyl (C=O) groups excluding carboxylic acids is 1. The summed E-state index contributed by atoms with van der Waals surface area (Å²) in [6.45, 7) is 2.90. The maximum Gasteiger partial charge on any atom is 0.168 e. The topological polar surface area (TPSA) is 35.5 Å². The highest BCUT2D eigenvalue weighted by atomic mass is 32.2. The minimum absolute atomic E-state index is 0.169. The third-order valence-electron chi connectivity index (χ3n) is 1.85. The van der Waals surface area contributed by atoms with E-state index in [2.05, 4.69) is 6.92 Å². The lowest BCUT2D eigenvalue weighted by atomic mass is 10.3. The molecule has 1 unspecified atom stereocenters. The van der Waals surface area contributed by atoms with E-state index < -0.39 is 0 Å². The number of ether oxygens (including phenoxy) is 2. The first-order valence-corrected chi connectivity index (χ1v) is 5.75. The zero-order valence-electron chi connectivity index (χ0n) is 7.90. The molecule has 13 heavy (non-hydrogen) atoms. The van der Waals surface area contributed by atoms with Crippen LogP contribution in [0.2, 0.25) is 0 Å². The highest BCUT2D eigenvalue weighted by molar-refractivity contribution is 8.00. The highest BCUT2D eigenvalue weighted by Crippen LogP contribution is 2.24. The summed E-state index contributed by atoms with van der Waals surface area (Å²) < 4.78 is 10.7. The molecule has 1 aliphatic rings. The van der Waals surface area contributed by atoms with Gasteiger partial charge in [-0.1, -0.05) is 19.8 Å². The highest BCUT2D eigenvalue weighted by Gasteiger charge is 2.25. The predicted octanol–water partition coefficient (Wildman–Crippen LogP) is 1.81. The molecule has 1 heterocycles. The number of aldehydes is 1. The second-order valence-electron chi connectivity index (χ2n) is 2.98. The van der Waals surface area contributed by atoms with Gasteiger partial charge in [0.05, 0.1) is 0 Å². The van der Waals surface area contributed by atoms with Crippen molar-refractivity contribution in [2.45, 2.75) is 37.9 Å². The SMILES string of the molecule is CCCCCOC1CS[C@H](C=O)O1. The standard InChI is InChI=1S/C9H16O3S/c1-2-3-4-5-11-8-7-13-9(6-10)12-8/h6,8-9H,2-5,7H2,1H3/t8?,9-/m1/s1. The Morgan fingerprint density at radius 1 is 1.62 bits per heavy atom. The van der Waals surface area contributed by atoms with Crippen molar-refractivity contribution in [2.24, 2.45) is 0 Å². The largest absolute Gasteiger partial charge is 0.352 e. The van der Waals surface area contributed by atoms with E-state index in [9.17, 15) is 4.79 Å². The maximum absolute atomic E-state index is 10.3. The Balaban J connectivity index is 2.00. The van der Waals surface area contributed by atoms with Crippen LogP contribution in [0.5, 0.6) is 0 Å². The minimum atomic E-state index is -0.309. The van der Waals surface area contributed by atoms with Crippen molar-refractivity contribution in [2.75, 3.05) is 12.4 Å². The van der Waals surface area contributed by atoms with Gasteiger partial charge in [-0.05, 0) is 6.42 Å². The van der Waals surface area contributed by atoms with Crippen molar-refractivity contribution >= 4 is 18.0 Å². The van der Waals surface area contributed by atoms with Crippen LogP contribution in [0.4, 0.5) is 0 Å². The summed E-state index contributed by atoms with van der Waals surface area (Å²) in [5.74, 6) is 0.773. The Bertz CT molecular complexity index is 152. The van der Waals surface area contributed by atoms with E-state index in [4.69, 9.17) is 9.47 Å². The molecule has 1 saturated heterocycles. The van der Waals surface area contributed by atoms with E-state index in [1.54, 1.807) is 0 Å². The number of rotatable bonds is 6. The number of hydrogen-bond donors (Lipinski definition) is 0. The Morgan fingerprint density at radius 2 is 2.46 bits per heavy atom. The summed E-state index contributed by atoms with van der Waals surface area (Å²) in [5, 5.41) is 0. The van der Waals surface area contributed by atoms with E-state index in [1.165, 1.54) is 24.6 Å². The molecule has 1 rings (SSSR count). The average molecular weight is 204 g/mol. The van der Waals surface area contributed by atoms with Crippen LogP contribution < -0.4 is 0 Å².